The van der Waals surface area contributed by atoms with Crippen molar-refractivity contribution in [1.29, 1.82) is 0 Å². The fraction of sp³-hybridized carbons (Fsp3) is 1.00. The van der Waals surface area contributed by atoms with Crippen molar-refractivity contribution < 1.29 is 17.4 Å². The van der Waals surface area contributed by atoms with Crippen molar-refractivity contribution in [1.82, 2.24) is 0 Å². The molecule has 0 aliphatic heterocycles. The normalized spacial score (nSPS) is 15.6. The number of rotatable bonds is 2. The lowest BCUT2D eigenvalue weighted by molar-refractivity contribution is -0.129. The van der Waals surface area contributed by atoms with E-state index in [0.29, 0.717) is 0 Å². The fourth-order valence-electron chi connectivity index (χ4n) is 0.259. The molecule has 0 heterocycles. The van der Waals surface area contributed by atoms with Gasteiger partial charge in [0.05, 0.1) is 6.42 Å². The molecule has 0 bridgehead atoms. The maximum Gasteiger partial charge on any atom is 0.390 e. The van der Waals surface area contributed by atoms with Gasteiger partial charge in [-0.1, -0.05) is 0 Å². The van der Waals surface area contributed by atoms with E-state index in [1.54, 1.807) is 0 Å². The van der Waals surface area contributed by atoms with Crippen molar-refractivity contribution in [3.63, 3.8) is 0 Å². The molecule has 0 aliphatic carbocycles. The molecule has 0 rings (SSSR count). The van der Waals surface area contributed by atoms with Gasteiger partial charge in [0.15, 0.2) is 0 Å². The second-order valence-corrected chi connectivity index (χ2v) is 3.20. The van der Waals surface area contributed by atoms with Crippen molar-refractivity contribution in [2.75, 3.05) is 12.0 Å². The molecule has 1 atom stereocenters. The van der Waals surface area contributed by atoms with Gasteiger partial charge in [-0.25, -0.2) is 0 Å². The number of halogens is 3. The minimum Gasteiger partial charge on any atom is -0.260 e. The van der Waals surface area contributed by atoms with E-state index in [1.165, 1.54) is 6.26 Å². The van der Waals surface area contributed by atoms with Crippen molar-refractivity contribution in [2.45, 2.75) is 12.6 Å². The van der Waals surface area contributed by atoms with Gasteiger partial charge in [-0.3, -0.25) is 4.21 Å². The highest BCUT2D eigenvalue weighted by atomic mass is 32.2. The number of alkyl halides is 3. The van der Waals surface area contributed by atoms with E-state index in [9.17, 15) is 17.4 Å². The third-order valence-electron chi connectivity index (χ3n) is 0.673. The Bertz CT molecular complexity index is 109. The highest BCUT2D eigenvalue weighted by Crippen LogP contribution is 2.18. The van der Waals surface area contributed by atoms with E-state index >= 15 is 0 Å². The molecule has 9 heavy (non-hydrogen) atoms. The lowest BCUT2D eigenvalue weighted by atomic mass is 10.5. The molecular formula is C4H7F3OS. The van der Waals surface area contributed by atoms with Gasteiger partial charge in [-0.2, -0.15) is 13.2 Å². The zero-order valence-electron chi connectivity index (χ0n) is 4.86. The maximum absolute atomic E-state index is 11.3. The van der Waals surface area contributed by atoms with Gasteiger partial charge in [-0.15, -0.1) is 0 Å². The van der Waals surface area contributed by atoms with Crippen LogP contribution < -0.4 is 0 Å². The molecule has 56 valence electrons. The Morgan fingerprint density at radius 2 is 1.89 bits per heavy atom. The molecule has 1 unspecified atom stereocenters. The molecule has 0 aromatic carbocycles. The highest BCUT2D eigenvalue weighted by molar-refractivity contribution is 7.84. The van der Waals surface area contributed by atoms with Crippen molar-refractivity contribution in [3.05, 3.63) is 0 Å². The van der Waals surface area contributed by atoms with Crippen LogP contribution >= 0.6 is 0 Å². The van der Waals surface area contributed by atoms with E-state index in [0.717, 1.165) is 0 Å². The SMILES string of the molecule is CS(=O)CCC(F)(F)F. The largest absolute Gasteiger partial charge is 0.390 e. The molecule has 0 amide bonds. The molecule has 0 aromatic rings. The molecule has 1 nitrogen and oxygen atoms in total. The van der Waals surface area contributed by atoms with Crippen LogP contribution in [-0.2, 0) is 10.8 Å². The lowest BCUT2D eigenvalue weighted by Crippen LogP contribution is -2.11. The first kappa shape index (κ1) is 8.94. The van der Waals surface area contributed by atoms with Crippen LogP contribution in [0.15, 0.2) is 0 Å². The molecule has 0 N–H and O–H groups in total. The Morgan fingerprint density at radius 3 is 2.00 bits per heavy atom. The molecule has 0 saturated heterocycles. The highest BCUT2D eigenvalue weighted by Gasteiger charge is 2.26. The number of hydrogen-bond acceptors (Lipinski definition) is 1. The summed E-state index contributed by atoms with van der Waals surface area (Å²) < 4.78 is 43.9. The average molecular weight is 160 g/mol. The first-order valence-electron chi connectivity index (χ1n) is 2.28. The summed E-state index contributed by atoms with van der Waals surface area (Å²) in [4.78, 5) is 0. The van der Waals surface area contributed by atoms with Crippen LogP contribution in [-0.4, -0.2) is 22.4 Å². The molecule has 0 radical (unpaired) electrons. The first-order chi connectivity index (χ1) is 3.92. The Balaban J connectivity index is 3.39. The quantitative estimate of drug-likeness (QED) is 0.595. The Labute approximate surface area is 53.7 Å². The second kappa shape index (κ2) is 3.20. The zero-order valence-corrected chi connectivity index (χ0v) is 5.68. The lowest BCUT2D eigenvalue weighted by Gasteiger charge is -2.02. The van der Waals surface area contributed by atoms with Crippen molar-refractivity contribution >= 4 is 10.8 Å². The van der Waals surface area contributed by atoms with Gasteiger partial charge in [0.2, 0.25) is 0 Å². The van der Waals surface area contributed by atoms with Crippen LogP contribution in [0.3, 0.4) is 0 Å². The van der Waals surface area contributed by atoms with Crippen molar-refractivity contribution in [3.8, 4) is 0 Å². The zero-order chi connectivity index (χ0) is 7.49. The van der Waals surface area contributed by atoms with E-state index < -0.39 is 23.4 Å². The predicted octanol–water partition coefficient (Wildman–Crippen LogP) is 1.32. The van der Waals surface area contributed by atoms with Gasteiger partial charge >= 0.3 is 6.18 Å². The molecule has 5 heteroatoms. The minimum absolute atomic E-state index is 0.288. The molecule has 0 aliphatic rings. The smallest absolute Gasteiger partial charge is 0.260 e. The Morgan fingerprint density at radius 1 is 1.44 bits per heavy atom. The summed E-state index contributed by atoms with van der Waals surface area (Å²) in [7, 11) is -1.33. The van der Waals surface area contributed by atoms with E-state index in [2.05, 4.69) is 0 Å². The first-order valence-corrected chi connectivity index (χ1v) is 4.01. The Hall–Kier alpha value is -0.0600. The third-order valence-corrected chi connectivity index (χ3v) is 1.45. The van der Waals surface area contributed by atoms with Gasteiger partial charge in [-0.05, 0) is 0 Å². The van der Waals surface area contributed by atoms with E-state index in [1.807, 2.05) is 0 Å². The summed E-state index contributed by atoms with van der Waals surface area (Å²) in [5, 5.41) is 0. The fourth-order valence-corrected chi connectivity index (χ4v) is 0.778. The monoisotopic (exact) mass is 160 g/mol. The third kappa shape index (κ3) is 7.94. The summed E-state index contributed by atoms with van der Waals surface area (Å²) in [6.45, 7) is 0. The standard InChI is InChI=1S/C4H7F3OS/c1-9(8)3-2-4(5,6)7/h2-3H2,1H3. The summed E-state index contributed by atoms with van der Waals surface area (Å²) in [6, 6.07) is 0. The van der Waals surface area contributed by atoms with Gasteiger partial charge in [0, 0.05) is 22.8 Å². The summed E-state index contributed by atoms with van der Waals surface area (Å²) in [6.07, 6.45) is -3.85. The summed E-state index contributed by atoms with van der Waals surface area (Å²) >= 11 is 0. The van der Waals surface area contributed by atoms with Crippen LogP contribution in [0.5, 0.6) is 0 Å². The molecular weight excluding hydrogens is 153 g/mol. The van der Waals surface area contributed by atoms with Crippen LogP contribution in [0.1, 0.15) is 6.42 Å². The van der Waals surface area contributed by atoms with Crippen molar-refractivity contribution in [2.24, 2.45) is 0 Å². The van der Waals surface area contributed by atoms with Crippen LogP contribution in [0.25, 0.3) is 0 Å². The number of hydrogen-bond donors (Lipinski definition) is 0. The maximum atomic E-state index is 11.3. The summed E-state index contributed by atoms with van der Waals surface area (Å²) in [5.74, 6) is -0.288. The summed E-state index contributed by atoms with van der Waals surface area (Å²) in [5.41, 5.74) is 0. The Kier molecular flexibility index (Phi) is 3.17. The molecule has 0 aromatic heterocycles. The molecule has 0 saturated carbocycles. The topological polar surface area (TPSA) is 17.1 Å². The molecule has 0 spiro atoms. The minimum atomic E-state index is -4.16. The van der Waals surface area contributed by atoms with E-state index in [-0.39, 0.29) is 5.75 Å². The van der Waals surface area contributed by atoms with Crippen LogP contribution in [0.4, 0.5) is 13.2 Å². The second-order valence-electron chi connectivity index (χ2n) is 1.64. The van der Waals surface area contributed by atoms with Gasteiger partial charge < -0.3 is 0 Å². The molecule has 0 fully saturated rings. The average Bonchev–Trinajstić information content (AvgIpc) is 1.59. The van der Waals surface area contributed by atoms with Crippen LogP contribution in [0.2, 0.25) is 0 Å². The predicted molar refractivity (Wildman–Crippen MR) is 29.6 cm³/mol. The van der Waals surface area contributed by atoms with Gasteiger partial charge in [0.25, 0.3) is 0 Å². The van der Waals surface area contributed by atoms with Crippen LogP contribution in [0, 0.1) is 0 Å². The van der Waals surface area contributed by atoms with Gasteiger partial charge in [0.1, 0.15) is 0 Å². The van der Waals surface area contributed by atoms with E-state index in [4.69, 9.17) is 0 Å².